The molecule has 35 heavy (non-hydrogen) atoms. The van der Waals surface area contributed by atoms with Crippen LogP contribution in [0.25, 0.3) is 0 Å². The summed E-state index contributed by atoms with van der Waals surface area (Å²) in [6.07, 6.45) is 1.00. The lowest BCUT2D eigenvalue weighted by molar-refractivity contribution is -0.386. The molecule has 10 heteroatoms. The smallest absolute Gasteiger partial charge is 0.312 e. The van der Waals surface area contributed by atoms with E-state index in [9.17, 15) is 14.9 Å². The summed E-state index contributed by atoms with van der Waals surface area (Å²) in [5, 5.41) is 15.9. The number of hydrogen-bond acceptors (Lipinski definition) is 8. The zero-order valence-electron chi connectivity index (χ0n) is 20.3. The number of rotatable bonds is 4. The number of carbonyl (C=O) groups is 1. The van der Waals surface area contributed by atoms with E-state index in [0.717, 1.165) is 5.56 Å². The van der Waals surface area contributed by atoms with Gasteiger partial charge in [-0.15, -0.1) is 0 Å². The third-order valence-electron chi connectivity index (χ3n) is 6.90. The Morgan fingerprint density at radius 3 is 2.69 bits per heavy atom. The van der Waals surface area contributed by atoms with Crippen molar-refractivity contribution in [1.82, 2.24) is 9.78 Å². The van der Waals surface area contributed by atoms with Crippen LogP contribution in [0.4, 0.5) is 11.4 Å². The molecule has 5 rings (SSSR count). The molecule has 1 aromatic carbocycles. The Balaban J connectivity index is 1.69. The largest absolute Gasteiger partial charge is 0.497 e. The van der Waals surface area contributed by atoms with E-state index >= 15 is 0 Å². The summed E-state index contributed by atoms with van der Waals surface area (Å²) in [5.41, 5.74) is 10.2. The predicted octanol–water partition coefficient (Wildman–Crippen LogP) is 4.13. The van der Waals surface area contributed by atoms with Gasteiger partial charge in [0, 0.05) is 30.1 Å². The normalized spacial score (nSPS) is 20.5. The van der Waals surface area contributed by atoms with Gasteiger partial charge in [0.25, 0.3) is 0 Å². The van der Waals surface area contributed by atoms with Crippen molar-refractivity contribution in [1.29, 1.82) is 0 Å². The van der Waals surface area contributed by atoms with Crippen molar-refractivity contribution in [2.75, 3.05) is 7.11 Å². The topological polar surface area (TPSA) is 135 Å². The Labute approximate surface area is 202 Å². The van der Waals surface area contributed by atoms with Crippen molar-refractivity contribution in [2.24, 2.45) is 16.1 Å². The summed E-state index contributed by atoms with van der Waals surface area (Å²) in [7, 11) is 1.58. The zero-order valence-corrected chi connectivity index (χ0v) is 20.3. The van der Waals surface area contributed by atoms with Gasteiger partial charge in [0.1, 0.15) is 22.9 Å². The molecular weight excluding hydrogens is 450 g/mol. The summed E-state index contributed by atoms with van der Waals surface area (Å²) in [6.45, 7) is 7.46. The van der Waals surface area contributed by atoms with Crippen molar-refractivity contribution in [3.63, 3.8) is 0 Å². The van der Waals surface area contributed by atoms with Gasteiger partial charge in [-0.25, -0.2) is 0 Å². The lowest BCUT2D eigenvalue weighted by Crippen LogP contribution is -2.37. The molecule has 0 spiro atoms. The van der Waals surface area contributed by atoms with E-state index in [0.29, 0.717) is 58.3 Å². The van der Waals surface area contributed by atoms with Gasteiger partial charge in [-0.1, -0.05) is 19.9 Å². The van der Waals surface area contributed by atoms with Crippen molar-refractivity contribution in [2.45, 2.75) is 53.0 Å². The highest BCUT2D eigenvalue weighted by Gasteiger charge is 2.46. The van der Waals surface area contributed by atoms with Crippen molar-refractivity contribution in [3.8, 4) is 5.75 Å². The van der Waals surface area contributed by atoms with Gasteiger partial charge in [-0.05, 0) is 30.9 Å². The molecule has 0 bridgehead atoms. The maximum absolute atomic E-state index is 13.4. The first kappa shape index (κ1) is 22.8. The minimum absolute atomic E-state index is 0.0241. The van der Waals surface area contributed by atoms with Crippen LogP contribution < -0.4 is 10.5 Å². The average Bonchev–Trinajstić information content (AvgIpc) is 3.04. The fourth-order valence-electron chi connectivity index (χ4n) is 5.35. The van der Waals surface area contributed by atoms with Crippen molar-refractivity contribution in [3.05, 3.63) is 68.1 Å². The number of aryl methyl sites for hydroxylation is 1. The molecule has 1 atom stereocenters. The first-order chi connectivity index (χ1) is 16.5. The Morgan fingerprint density at radius 2 is 2.03 bits per heavy atom. The Hall–Kier alpha value is -3.95. The second kappa shape index (κ2) is 7.79. The maximum atomic E-state index is 13.4. The molecule has 2 aliphatic heterocycles. The van der Waals surface area contributed by atoms with Gasteiger partial charge in [0.15, 0.2) is 11.7 Å². The van der Waals surface area contributed by atoms with Gasteiger partial charge in [-0.3, -0.25) is 24.6 Å². The number of allylic oxidation sites excluding steroid dienone is 3. The van der Waals surface area contributed by atoms with E-state index in [1.807, 2.05) is 32.0 Å². The van der Waals surface area contributed by atoms with Crippen LogP contribution in [0.2, 0.25) is 0 Å². The number of fused-ring (bicyclic) bond motifs is 4. The number of nitrogens with two attached hydrogens (primary N) is 1. The molecule has 2 aromatic rings. The number of hydrogen-bond donors (Lipinski definition) is 1. The maximum Gasteiger partial charge on any atom is 0.312 e. The Kier molecular flexibility index (Phi) is 5.08. The number of aromatic nitrogens is 2. The molecule has 0 saturated carbocycles. The molecule has 1 aromatic heterocycles. The molecule has 1 aliphatic carbocycles. The summed E-state index contributed by atoms with van der Waals surface area (Å²) >= 11 is 0. The van der Waals surface area contributed by atoms with Gasteiger partial charge < -0.3 is 15.2 Å². The first-order valence-corrected chi connectivity index (χ1v) is 11.4. The number of ether oxygens (including phenoxy) is 2. The zero-order chi connectivity index (χ0) is 25.2. The number of Topliss-reactive ketones (excluding diaryl/α,β-unsaturated/α-hetero) is 1. The van der Waals surface area contributed by atoms with Crippen molar-refractivity contribution >= 4 is 22.9 Å². The van der Waals surface area contributed by atoms with Crippen LogP contribution in [-0.4, -0.2) is 33.3 Å². The summed E-state index contributed by atoms with van der Waals surface area (Å²) < 4.78 is 13.0. The van der Waals surface area contributed by atoms with Gasteiger partial charge in [0.05, 0.1) is 35.9 Å². The molecule has 0 amide bonds. The molecule has 0 radical (unpaired) electrons. The minimum Gasteiger partial charge on any atom is -0.497 e. The minimum atomic E-state index is -0.442. The van der Waals surface area contributed by atoms with Gasteiger partial charge in [0.2, 0.25) is 0 Å². The van der Waals surface area contributed by atoms with E-state index in [1.165, 1.54) is 0 Å². The number of nitrogens with zero attached hydrogens (tertiary/aromatic N) is 4. The van der Waals surface area contributed by atoms with Crippen LogP contribution in [0.5, 0.6) is 5.75 Å². The van der Waals surface area contributed by atoms with Crippen LogP contribution in [-0.2, 0) is 16.1 Å². The monoisotopic (exact) mass is 477 g/mol. The van der Waals surface area contributed by atoms with Crippen LogP contribution in [0, 0.1) is 29.4 Å². The molecule has 0 fully saturated rings. The molecule has 182 valence electrons. The second-order valence-corrected chi connectivity index (χ2v) is 10.0. The highest BCUT2D eigenvalue weighted by molar-refractivity contribution is 6.10. The third kappa shape index (κ3) is 3.60. The second-order valence-electron chi connectivity index (χ2n) is 10.0. The number of benzene rings is 1. The van der Waals surface area contributed by atoms with E-state index in [4.69, 9.17) is 20.2 Å². The fraction of sp³-hybridized carbons (Fsp3) is 0.400. The van der Waals surface area contributed by atoms with Crippen LogP contribution in [0.1, 0.15) is 49.6 Å². The van der Waals surface area contributed by atoms with E-state index in [-0.39, 0.29) is 29.3 Å². The molecule has 3 heterocycles. The first-order valence-electron chi connectivity index (χ1n) is 11.4. The highest BCUT2D eigenvalue weighted by atomic mass is 16.6. The van der Waals surface area contributed by atoms with Crippen LogP contribution >= 0.6 is 0 Å². The van der Waals surface area contributed by atoms with E-state index in [2.05, 4.69) is 5.10 Å². The average molecular weight is 478 g/mol. The third-order valence-corrected chi connectivity index (χ3v) is 6.90. The number of nitro groups is 1. The molecular formula is C25H27N5O5. The number of ketones is 1. The fourth-order valence-corrected chi connectivity index (χ4v) is 5.35. The lowest BCUT2D eigenvalue weighted by atomic mass is 9.68. The Bertz CT molecular complexity index is 1400. The van der Waals surface area contributed by atoms with Crippen LogP contribution in [0.15, 0.2) is 46.0 Å². The van der Waals surface area contributed by atoms with Crippen LogP contribution in [0.3, 0.4) is 0 Å². The summed E-state index contributed by atoms with van der Waals surface area (Å²) in [6, 6.07) is 5.56. The highest BCUT2D eigenvalue weighted by Crippen LogP contribution is 2.52. The molecule has 10 nitrogen and oxygen atoms in total. The molecule has 1 unspecified atom stereocenters. The SMILES string of the molecule is COc1ccc2c(c1)N=C(Cn1nc(C)c([N+](=O)[O-])c1C)C1=C(N)OC3=C(C(=O)CC(C)(C)C3)C12. The molecule has 0 saturated heterocycles. The standard InChI is InChI=1S/C25H27N5O5/c1-12-23(30(32)33)13(2)29(28-12)11-17-21-20(15-7-6-14(34-5)8-16(15)27-17)22-18(31)9-25(3,4)10-19(22)35-24(21)26/h6-8,20H,9-11,26H2,1-5H3. The number of aliphatic imine (C=N–C) groups is 1. The Morgan fingerprint density at radius 1 is 1.29 bits per heavy atom. The lowest BCUT2D eigenvalue weighted by Gasteiger charge is -2.40. The van der Waals surface area contributed by atoms with E-state index < -0.39 is 10.8 Å². The molecule has 2 N–H and O–H groups in total. The van der Waals surface area contributed by atoms with Crippen molar-refractivity contribution < 1.29 is 19.2 Å². The molecule has 3 aliphatic rings. The number of methoxy groups -OCH3 is 1. The summed E-state index contributed by atoms with van der Waals surface area (Å²) in [4.78, 5) is 29.4. The van der Waals surface area contributed by atoms with Gasteiger partial charge >= 0.3 is 5.69 Å². The summed E-state index contributed by atoms with van der Waals surface area (Å²) in [5.74, 6) is 1.00. The van der Waals surface area contributed by atoms with E-state index in [1.54, 1.807) is 25.6 Å². The number of carbonyl (C=O) groups excluding carboxylic acids is 1. The quantitative estimate of drug-likeness (QED) is 0.517. The predicted molar refractivity (Wildman–Crippen MR) is 129 cm³/mol. The van der Waals surface area contributed by atoms with Gasteiger partial charge in [-0.2, -0.15) is 5.10 Å².